The second-order valence-corrected chi connectivity index (χ2v) is 4.29. The first-order valence-electron chi connectivity index (χ1n) is 5.31. The van der Waals surface area contributed by atoms with Gasteiger partial charge in [-0.2, -0.15) is 0 Å². The second-order valence-electron chi connectivity index (χ2n) is 3.49. The van der Waals surface area contributed by atoms with Crippen LogP contribution in [0.5, 0.6) is 0 Å². The standard InChI is InChI=1S/C7H4N2O2S.C5H5NO/c10-9(11)7-5-3-1-2-4-6(5)12-8-7;7-5-3-1-2-4-6-5/h1-4H;1-4H,(H,6,7). The molecular weight excluding hydrogens is 266 g/mol. The fraction of sp³-hybridized carbons (Fsp3) is 0. The zero-order chi connectivity index (χ0) is 13.7. The number of hydrogen-bond donors (Lipinski definition) is 1. The summed E-state index contributed by atoms with van der Waals surface area (Å²) in [6, 6.07) is 12.1. The van der Waals surface area contributed by atoms with Gasteiger partial charge in [0.2, 0.25) is 5.56 Å². The van der Waals surface area contributed by atoms with Gasteiger partial charge in [-0.05, 0) is 23.1 Å². The Kier molecular flexibility index (Phi) is 3.99. The number of aromatic amines is 1. The number of nitro groups is 1. The number of benzene rings is 1. The van der Waals surface area contributed by atoms with E-state index in [2.05, 4.69) is 9.36 Å². The van der Waals surface area contributed by atoms with E-state index in [0.29, 0.717) is 5.39 Å². The van der Waals surface area contributed by atoms with Crippen molar-refractivity contribution in [3.8, 4) is 0 Å². The summed E-state index contributed by atoms with van der Waals surface area (Å²) in [4.78, 5) is 22.7. The molecule has 6 nitrogen and oxygen atoms in total. The van der Waals surface area contributed by atoms with Crippen LogP contribution in [0.4, 0.5) is 5.82 Å². The lowest BCUT2D eigenvalue weighted by molar-refractivity contribution is -0.387. The van der Waals surface area contributed by atoms with Crippen LogP contribution in [0.15, 0.2) is 53.5 Å². The first-order chi connectivity index (χ1) is 9.18. The highest BCUT2D eigenvalue weighted by molar-refractivity contribution is 7.13. The van der Waals surface area contributed by atoms with Gasteiger partial charge in [0.1, 0.15) is 0 Å². The minimum Gasteiger partial charge on any atom is -0.358 e. The molecule has 0 aliphatic carbocycles. The van der Waals surface area contributed by atoms with E-state index in [0.717, 1.165) is 16.2 Å². The maximum absolute atomic E-state index is 10.4. The summed E-state index contributed by atoms with van der Waals surface area (Å²) in [5.74, 6) is -0.0457. The Morgan fingerprint density at radius 2 is 1.89 bits per heavy atom. The number of nitrogens with zero attached hydrogens (tertiary/aromatic N) is 2. The van der Waals surface area contributed by atoms with Crippen molar-refractivity contribution in [3.05, 3.63) is 69.1 Å². The zero-order valence-electron chi connectivity index (χ0n) is 9.65. The largest absolute Gasteiger partial charge is 0.386 e. The summed E-state index contributed by atoms with van der Waals surface area (Å²) in [5.41, 5.74) is -0.0532. The van der Waals surface area contributed by atoms with E-state index in [1.165, 1.54) is 6.07 Å². The highest BCUT2D eigenvalue weighted by Crippen LogP contribution is 2.27. The van der Waals surface area contributed by atoms with Crippen molar-refractivity contribution < 1.29 is 4.92 Å². The van der Waals surface area contributed by atoms with Crippen LogP contribution in [0.25, 0.3) is 10.1 Å². The van der Waals surface area contributed by atoms with Gasteiger partial charge < -0.3 is 15.1 Å². The summed E-state index contributed by atoms with van der Waals surface area (Å²) < 4.78 is 4.59. The SMILES string of the molecule is O=[N+]([O-])c1nsc2ccccc12.O=c1cccc[nH]1. The van der Waals surface area contributed by atoms with Crippen LogP contribution in [0.1, 0.15) is 0 Å². The molecule has 0 unspecified atom stereocenters. The van der Waals surface area contributed by atoms with Crippen molar-refractivity contribution in [1.82, 2.24) is 9.36 Å². The molecule has 0 radical (unpaired) electrons. The van der Waals surface area contributed by atoms with Crippen molar-refractivity contribution in [2.24, 2.45) is 0 Å². The van der Waals surface area contributed by atoms with E-state index in [4.69, 9.17) is 0 Å². The predicted octanol–water partition coefficient (Wildman–Crippen LogP) is 2.58. The fourth-order valence-corrected chi connectivity index (χ4v) is 2.13. The number of aromatic nitrogens is 2. The second kappa shape index (κ2) is 5.87. The number of fused-ring (bicyclic) bond motifs is 1. The molecule has 2 heterocycles. The smallest absolute Gasteiger partial charge is 0.358 e. The fourth-order valence-electron chi connectivity index (χ4n) is 1.38. The average molecular weight is 275 g/mol. The first kappa shape index (κ1) is 12.9. The van der Waals surface area contributed by atoms with Gasteiger partial charge in [0.15, 0.2) is 0 Å². The van der Waals surface area contributed by atoms with Crippen molar-refractivity contribution in [1.29, 1.82) is 0 Å². The molecule has 0 aliphatic rings. The molecule has 0 atom stereocenters. The van der Waals surface area contributed by atoms with Crippen molar-refractivity contribution in [3.63, 3.8) is 0 Å². The Morgan fingerprint density at radius 1 is 1.16 bits per heavy atom. The highest BCUT2D eigenvalue weighted by atomic mass is 32.1. The molecule has 0 aliphatic heterocycles. The van der Waals surface area contributed by atoms with Crippen LogP contribution < -0.4 is 5.56 Å². The van der Waals surface area contributed by atoms with Crippen LogP contribution >= 0.6 is 11.5 Å². The van der Waals surface area contributed by atoms with Gasteiger partial charge in [0, 0.05) is 16.6 Å². The molecule has 1 N–H and O–H groups in total. The highest BCUT2D eigenvalue weighted by Gasteiger charge is 2.15. The molecule has 96 valence electrons. The number of rotatable bonds is 1. The average Bonchev–Trinajstić information content (AvgIpc) is 2.84. The summed E-state index contributed by atoms with van der Waals surface area (Å²) in [5, 5.41) is 11.0. The Balaban J connectivity index is 0.000000163. The monoisotopic (exact) mass is 275 g/mol. The van der Waals surface area contributed by atoms with Gasteiger partial charge in [0.25, 0.3) is 0 Å². The maximum atomic E-state index is 10.4. The number of pyridine rings is 1. The molecule has 0 saturated heterocycles. The topological polar surface area (TPSA) is 88.9 Å². The molecule has 0 spiro atoms. The van der Waals surface area contributed by atoms with E-state index < -0.39 is 4.92 Å². The van der Waals surface area contributed by atoms with E-state index in [9.17, 15) is 14.9 Å². The molecule has 19 heavy (non-hydrogen) atoms. The van der Waals surface area contributed by atoms with Crippen LogP contribution in [-0.2, 0) is 0 Å². The Morgan fingerprint density at radius 3 is 2.47 bits per heavy atom. The van der Waals surface area contributed by atoms with Gasteiger partial charge in [0.05, 0.1) is 21.6 Å². The minimum absolute atomic E-state index is 0.0457. The molecule has 0 saturated carbocycles. The maximum Gasteiger partial charge on any atom is 0.386 e. The summed E-state index contributed by atoms with van der Waals surface area (Å²) in [6.45, 7) is 0. The molecule has 3 rings (SSSR count). The van der Waals surface area contributed by atoms with Crippen molar-refractivity contribution in [2.75, 3.05) is 0 Å². The van der Waals surface area contributed by atoms with Gasteiger partial charge in [-0.1, -0.05) is 18.2 Å². The minimum atomic E-state index is -0.459. The van der Waals surface area contributed by atoms with E-state index in [1.807, 2.05) is 12.1 Å². The lowest BCUT2D eigenvalue weighted by atomic mass is 10.3. The Labute approximate surface area is 111 Å². The van der Waals surface area contributed by atoms with E-state index in [-0.39, 0.29) is 11.4 Å². The molecule has 0 bridgehead atoms. The van der Waals surface area contributed by atoms with E-state index in [1.54, 1.807) is 30.5 Å². The summed E-state index contributed by atoms with van der Waals surface area (Å²) >= 11 is 1.15. The van der Waals surface area contributed by atoms with Crippen LogP contribution in [0.2, 0.25) is 0 Å². The third-order valence-electron chi connectivity index (χ3n) is 2.21. The Bertz CT molecular complexity index is 733. The summed E-state index contributed by atoms with van der Waals surface area (Å²) in [7, 11) is 0. The first-order valence-corrected chi connectivity index (χ1v) is 6.08. The van der Waals surface area contributed by atoms with Gasteiger partial charge >= 0.3 is 5.82 Å². The molecular formula is C12H9N3O3S. The molecule has 0 amide bonds. The third-order valence-corrected chi connectivity index (χ3v) is 3.03. The lowest BCUT2D eigenvalue weighted by Crippen LogP contribution is -1.98. The number of hydrogen-bond acceptors (Lipinski definition) is 5. The molecule has 0 fully saturated rings. The van der Waals surface area contributed by atoms with Gasteiger partial charge in [-0.15, -0.1) is 0 Å². The van der Waals surface area contributed by atoms with Gasteiger partial charge in [-0.3, -0.25) is 4.79 Å². The quantitative estimate of drug-likeness (QED) is 0.546. The van der Waals surface area contributed by atoms with Gasteiger partial charge in [-0.25, -0.2) is 0 Å². The van der Waals surface area contributed by atoms with Crippen LogP contribution in [-0.4, -0.2) is 14.3 Å². The predicted molar refractivity (Wildman–Crippen MR) is 73.3 cm³/mol. The summed E-state index contributed by atoms with van der Waals surface area (Å²) in [6.07, 6.45) is 1.60. The molecule has 7 heteroatoms. The van der Waals surface area contributed by atoms with Crippen molar-refractivity contribution >= 4 is 27.4 Å². The zero-order valence-corrected chi connectivity index (χ0v) is 10.5. The van der Waals surface area contributed by atoms with Crippen molar-refractivity contribution in [2.45, 2.75) is 0 Å². The molecule has 3 aromatic rings. The molecule has 1 aromatic carbocycles. The third kappa shape index (κ3) is 3.23. The number of H-pyrrole nitrogens is 1. The van der Waals surface area contributed by atoms with Crippen LogP contribution in [0.3, 0.4) is 0 Å². The Hall–Kier alpha value is -2.54. The van der Waals surface area contributed by atoms with Crippen LogP contribution in [0, 0.1) is 10.1 Å². The normalized spacial score (nSPS) is 9.68. The lowest BCUT2D eigenvalue weighted by Gasteiger charge is -1.87. The number of nitrogens with one attached hydrogen (secondary N) is 1. The molecule has 2 aromatic heterocycles. The van der Waals surface area contributed by atoms with E-state index >= 15 is 0 Å².